The zero-order valence-corrected chi connectivity index (χ0v) is 30.6. The van der Waals surface area contributed by atoms with Crippen LogP contribution in [0.3, 0.4) is 0 Å². The van der Waals surface area contributed by atoms with Gasteiger partial charge in [0.05, 0.1) is 0 Å². The standard InChI is InChI=1S/C31H29.C9H5Cl2.2CH3.Ti/c1-18-11-20(3)30(21(4)12-18)26-9-7-24-15-25-8-10-27(17-29(25)28(24)16-26)31-22(5)13-19(2)14-23(31)6;10-8-4-5-9(11)7-3-1-2-6(7)8;;;/h7-17H,1-6H3;1-5H;2*1H3;. The molecule has 0 aromatic heterocycles. The van der Waals surface area contributed by atoms with Crippen LogP contribution < -0.4 is 0 Å². The fourth-order valence-electron chi connectivity index (χ4n) is 8.79. The van der Waals surface area contributed by atoms with E-state index in [9.17, 15) is 0 Å². The second-order valence-corrected chi connectivity index (χ2v) is 22.5. The molecule has 0 nitrogen and oxygen atoms in total. The predicted molar refractivity (Wildman–Crippen MR) is 193 cm³/mol. The first kappa shape index (κ1) is 30.8. The first-order valence-corrected chi connectivity index (χ1v) is 21.7. The van der Waals surface area contributed by atoms with Gasteiger partial charge in [0.15, 0.2) is 0 Å². The molecule has 7 rings (SSSR count). The first-order valence-electron chi connectivity index (χ1n) is 16.0. The summed E-state index contributed by atoms with van der Waals surface area (Å²) in [4.78, 5) is 0. The number of fused-ring (bicyclic) bond motifs is 4. The Labute approximate surface area is 282 Å². The van der Waals surface area contributed by atoms with Gasteiger partial charge in [-0.3, -0.25) is 0 Å². The van der Waals surface area contributed by atoms with Gasteiger partial charge in [0.25, 0.3) is 0 Å². The van der Waals surface area contributed by atoms with Crippen LogP contribution >= 0.6 is 23.2 Å². The molecule has 0 N–H and O–H groups in total. The van der Waals surface area contributed by atoms with Gasteiger partial charge < -0.3 is 0 Å². The summed E-state index contributed by atoms with van der Waals surface area (Å²) in [6.45, 7) is 13.4. The third kappa shape index (κ3) is 4.92. The van der Waals surface area contributed by atoms with Crippen LogP contribution in [0, 0.1) is 41.5 Å². The topological polar surface area (TPSA) is 0 Å². The van der Waals surface area contributed by atoms with E-state index in [1.165, 1.54) is 83.5 Å². The third-order valence-electron chi connectivity index (χ3n) is 10.4. The summed E-state index contributed by atoms with van der Waals surface area (Å²) in [5, 5.41) is 6.81. The Hall–Kier alpha value is -2.87. The van der Waals surface area contributed by atoms with Crippen LogP contribution in [0.5, 0.6) is 0 Å². The van der Waals surface area contributed by atoms with Crippen molar-refractivity contribution in [2.24, 2.45) is 0 Å². The number of rotatable bonds is 4. The molecule has 226 valence electrons. The van der Waals surface area contributed by atoms with E-state index in [-0.39, 0.29) is 0 Å². The second kappa shape index (κ2) is 11.1. The number of hydrogen-bond donors (Lipinski definition) is 0. The maximum atomic E-state index is 6.94. The number of aryl methyl sites for hydroxylation is 6. The number of benzene rings is 5. The van der Waals surface area contributed by atoms with Crippen molar-refractivity contribution in [3.63, 3.8) is 0 Å². The van der Waals surface area contributed by atoms with Crippen molar-refractivity contribution in [2.75, 3.05) is 0 Å². The van der Waals surface area contributed by atoms with Crippen LogP contribution in [0.1, 0.15) is 64.1 Å². The molecular formula is C42H40Cl2Ti. The second-order valence-electron chi connectivity index (χ2n) is 14.1. The molecule has 5 aromatic rings. The van der Waals surface area contributed by atoms with E-state index < -0.39 is 16.6 Å². The van der Waals surface area contributed by atoms with Crippen molar-refractivity contribution < 1.29 is 16.6 Å². The molecule has 1 atom stereocenters. The molecule has 3 heteroatoms. The van der Waals surface area contributed by atoms with Crippen LogP contribution in [0.2, 0.25) is 20.5 Å². The van der Waals surface area contributed by atoms with E-state index in [1.54, 1.807) is 0 Å². The van der Waals surface area contributed by atoms with E-state index in [0.29, 0.717) is 8.45 Å². The van der Waals surface area contributed by atoms with Crippen molar-refractivity contribution in [1.82, 2.24) is 0 Å². The fraction of sp³-hybridized carbons (Fsp3) is 0.238. The van der Waals surface area contributed by atoms with Crippen LogP contribution in [-0.4, -0.2) is 0 Å². The Morgan fingerprint density at radius 3 is 1.47 bits per heavy atom. The van der Waals surface area contributed by atoms with E-state index in [2.05, 4.69) is 125 Å². The molecule has 0 amide bonds. The van der Waals surface area contributed by atoms with E-state index >= 15 is 0 Å². The molecular weight excluding hydrogens is 623 g/mol. The Kier molecular flexibility index (Phi) is 7.61. The molecule has 0 fully saturated rings. The van der Waals surface area contributed by atoms with Gasteiger partial charge in [0, 0.05) is 0 Å². The molecule has 45 heavy (non-hydrogen) atoms. The van der Waals surface area contributed by atoms with E-state index in [0.717, 1.165) is 15.6 Å². The van der Waals surface area contributed by atoms with Crippen LogP contribution in [0.4, 0.5) is 0 Å². The van der Waals surface area contributed by atoms with Gasteiger partial charge in [-0.1, -0.05) is 0 Å². The molecule has 0 saturated heterocycles. The van der Waals surface area contributed by atoms with E-state index in [4.69, 9.17) is 23.2 Å². The molecule has 0 saturated carbocycles. The number of allylic oxidation sites excluding steroid dienone is 1. The van der Waals surface area contributed by atoms with Crippen molar-refractivity contribution >= 4 is 29.3 Å². The Balaban J connectivity index is 1.45. The van der Waals surface area contributed by atoms with Crippen LogP contribution in [0.25, 0.3) is 39.5 Å². The Bertz CT molecular complexity index is 1930. The molecule has 1 unspecified atom stereocenters. The monoisotopic (exact) mass is 662 g/mol. The average molecular weight is 664 g/mol. The zero-order valence-electron chi connectivity index (χ0n) is 27.5. The maximum absolute atomic E-state index is 6.94. The van der Waals surface area contributed by atoms with Gasteiger partial charge >= 0.3 is 284 Å². The van der Waals surface area contributed by atoms with Crippen molar-refractivity contribution in [2.45, 2.75) is 60.4 Å². The zero-order chi connectivity index (χ0) is 31.9. The fourth-order valence-corrected chi connectivity index (χ4v) is 15.9. The van der Waals surface area contributed by atoms with Gasteiger partial charge in [0.1, 0.15) is 0 Å². The molecule has 2 aliphatic rings. The van der Waals surface area contributed by atoms with Gasteiger partial charge in [-0.25, -0.2) is 0 Å². The van der Waals surface area contributed by atoms with Gasteiger partial charge in [0.2, 0.25) is 0 Å². The quantitative estimate of drug-likeness (QED) is 0.168. The predicted octanol–water partition coefficient (Wildman–Crippen LogP) is 13.3. The third-order valence-corrected chi connectivity index (χ3v) is 17.7. The van der Waals surface area contributed by atoms with Gasteiger partial charge in [-0.05, 0) is 0 Å². The molecule has 0 bridgehead atoms. The van der Waals surface area contributed by atoms with Gasteiger partial charge in [-0.15, -0.1) is 0 Å². The summed E-state index contributed by atoms with van der Waals surface area (Å²) in [6.07, 6.45) is 4.62. The van der Waals surface area contributed by atoms with Crippen LogP contribution in [0.15, 0.2) is 78.9 Å². The summed E-state index contributed by atoms with van der Waals surface area (Å²) in [5.41, 5.74) is 21.3. The molecule has 0 aliphatic heterocycles. The van der Waals surface area contributed by atoms with Crippen molar-refractivity contribution in [1.29, 1.82) is 0 Å². The minimum atomic E-state index is -2.81. The Morgan fingerprint density at radius 1 is 0.556 bits per heavy atom. The van der Waals surface area contributed by atoms with Crippen molar-refractivity contribution in [3.8, 4) is 33.4 Å². The molecule has 2 aliphatic carbocycles. The average Bonchev–Trinajstić information content (AvgIpc) is 3.56. The number of halogens is 2. The van der Waals surface area contributed by atoms with Gasteiger partial charge in [-0.2, -0.15) is 0 Å². The van der Waals surface area contributed by atoms with E-state index in [1.807, 2.05) is 12.1 Å². The summed E-state index contributed by atoms with van der Waals surface area (Å²) < 4.78 is 0.687. The Morgan fingerprint density at radius 2 is 1.00 bits per heavy atom. The molecule has 0 radical (unpaired) electrons. The number of hydrogen-bond acceptors (Lipinski definition) is 0. The summed E-state index contributed by atoms with van der Waals surface area (Å²) in [5.74, 6) is 0. The first-order chi connectivity index (χ1) is 21.4. The molecule has 0 heterocycles. The van der Waals surface area contributed by atoms with Crippen molar-refractivity contribution in [3.05, 3.63) is 145 Å². The SMILES string of the molecule is Cc1cc(C)c(-c2ccc3c(c2)-c2cc(-c4c(C)cc(C)cc4C)ccc2[CH]3[Ti]([CH3])([CH3])[CH]2C=Cc3c(Cl)ccc(Cl)c32)c(C)c1. The van der Waals surface area contributed by atoms with Crippen LogP contribution in [-0.2, 0) is 16.6 Å². The summed E-state index contributed by atoms with van der Waals surface area (Å²) in [6, 6.07) is 27.8. The molecule has 5 aromatic carbocycles. The minimum absolute atomic E-state index is 0.317. The summed E-state index contributed by atoms with van der Waals surface area (Å²) in [7, 11) is 0. The molecule has 0 spiro atoms. The normalized spacial score (nSPS) is 15.4. The summed E-state index contributed by atoms with van der Waals surface area (Å²) >= 11 is 10.8.